The molecule has 3 aromatic rings. The third-order valence-corrected chi connectivity index (χ3v) is 6.26. The van der Waals surface area contributed by atoms with Crippen molar-refractivity contribution in [1.82, 2.24) is 14.8 Å². The minimum atomic E-state index is -0.439. The lowest BCUT2D eigenvalue weighted by atomic mass is 9.80. The number of non-ortho nitro benzene ring substituents is 1. The lowest BCUT2D eigenvalue weighted by molar-refractivity contribution is -0.384. The average molecular weight is 393 g/mol. The molecule has 1 N–H and O–H groups in total. The monoisotopic (exact) mass is 393 g/mol. The summed E-state index contributed by atoms with van der Waals surface area (Å²) in [5.74, 6) is 0.782. The van der Waals surface area contributed by atoms with Gasteiger partial charge in [-0.25, -0.2) is 4.68 Å². The number of aromatic nitrogens is 3. The molecule has 0 radical (unpaired) electrons. The van der Waals surface area contributed by atoms with Crippen molar-refractivity contribution in [2.75, 3.05) is 5.32 Å². The molecule has 5 rings (SSSR count). The first kappa shape index (κ1) is 16.8. The molecule has 0 saturated heterocycles. The van der Waals surface area contributed by atoms with Crippen LogP contribution in [0.15, 0.2) is 59.4 Å². The minimum Gasteiger partial charge on any atom is -0.328 e. The molecule has 140 valence electrons. The average Bonchev–Trinajstić information content (AvgIpc) is 3.38. The number of carbonyl (C=O) groups excluding carboxylic acids is 1. The molecule has 1 aromatic carbocycles. The molecular formula is C19H15N5O3S. The van der Waals surface area contributed by atoms with E-state index in [4.69, 9.17) is 0 Å². The van der Waals surface area contributed by atoms with E-state index in [1.165, 1.54) is 23.3 Å². The van der Waals surface area contributed by atoms with Crippen molar-refractivity contribution >= 4 is 28.8 Å². The number of ketones is 1. The fourth-order valence-corrected chi connectivity index (χ4v) is 4.79. The molecule has 0 unspecified atom stereocenters. The number of Topliss-reactive ketones (excluding diaryl/α,β-unsaturated/α-hetero) is 1. The first-order valence-electron chi connectivity index (χ1n) is 8.82. The van der Waals surface area contributed by atoms with E-state index >= 15 is 0 Å². The molecule has 0 spiro atoms. The van der Waals surface area contributed by atoms with Crippen molar-refractivity contribution in [2.24, 2.45) is 0 Å². The van der Waals surface area contributed by atoms with Crippen molar-refractivity contribution in [1.29, 1.82) is 0 Å². The quantitative estimate of drug-likeness (QED) is 0.538. The lowest BCUT2D eigenvalue weighted by Crippen LogP contribution is -2.33. The summed E-state index contributed by atoms with van der Waals surface area (Å²) in [6.07, 6.45) is 2.60. The number of allylic oxidation sites excluding steroid dienone is 2. The van der Waals surface area contributed by atoms with E-state index in [2.05, 4.69) is 21.5 Å². The highest BCUT2D eigenvalue weighted by molar-refractivity contribution is 7.10. The maximum absolute atomic E-state index is 13.2. The zero-order valence-electron chi connectivity index (χ0n) is 14.6. The van der Waals surface area contributed by atoms with Gasteiger partial charge in [0, 0.05) is 40.6 Å². The third-order valence-electron chi connectivity index (χ3n) is 5.23. The highest BCUT2D eigenvalue weighted by Crippen LogP contribution is 2.44. The zero-order valence-corrected chi connectivity index (χ0v) is 15.4. The Morgan fingerprint density at radius 2 is 2.04 bits per heavy atom. The number of anilines is 1. The summed E-state index contributed by atoms with van der Waals surface area (Å²) in [6.45, 7) is 0. The molecular weight excluding hydrogens is 378 g/mol. The predicted molar refractivity (Wildman–Crippen MR) is 103 cm³/mol. The number of benzene rings is 1. The fourth-order valence-electron chi connectivity index (χ4n) is 3.96. The smallest absolute Gasteiger partial charge is 0.269 e. The number of hydrogen-bond donors (Lipinski definition) is 1. The van der Waals surface area contributed by atoms with Crippen LogP contribution in [0, 0.1) is 10.1 Å². The van der Waals surface area contributed by atoms with Gasteiger partial charge in [-0.2, -0.15) is 10.1 Å². The Kier molecular flexibility index (Phi) is 3.83. The standard InChI is InChI=1S/C19H15N5O3S/c25-15-9-12(16-2-1-7-28-16)8-14-17(15)18(23-19(22-14)20-10-21-23)11-3-5-13(6-4-11)24(26)27/h1-7,10,12,18H,8-9H2,(H,20,21,22)/t12-,18+/m1/s1. The summed E-state index contributed by atoms with van der Waals surface area (Å²) in [6, 6.07) is 9.90. The van der Waals surface area contributed by atoms with E-state index in [-0.39, 0.29) is 17.4 Å². The highest BCUT2D eigenvalue weighted by Gasteiger charge is 2.39. The van der Waals surface area contributed by atoms with Gasteiger partial charge in [0.25, 0.3) is 5.69 Å². The van der Waals surface area contributed by atoms with Gasteiger partial charge in [0.1, 0.15) is 12.4 Å². The van der Waals surface area contributed by atoms with Gasteiger partial charge in [-0.3, -0.25) is 14.9 Å². The van der Waals surface area contributed by atoms with Crippen molar-refractivity contribution in [3.63, 3.8) is 0 Å². The normalized spacial score (nSPS) is 21.1. The topological polar surface area (TPSA) is 103 Å². The molecule has 28 heavy (non-hydrogen) atoms. The Morgan fingerprint density at radius 1 is 1.21 bits per heavy atom. The van der Waals surface area contributed by atoms with E-state index < -0.39 is 11.0 Å². The van der Waals surface area contributed by atoms with E-state index in [9.17, 15) is 14.9 Å². The maximum Gasteiger partial charge on any atom is 0.269 e. The molecule has 0 saturated carbocycles. The van der Waals surface area contributed by atoms with E-state index in [1.807, 2.05) is 11.4 Å². The van der Waals surface area contributed by atoms with Crippen LogP contribution in [-0.2, 0) is 4.79 Å². The Balaban J connectivity index is 1.59. The molecule has 1 aliphatic carbocycles. The van der Waals surface area contributed by atoms with Gasteiger partial charge in [-0.15, -0.1) is 11.3 Å². The summed E-state index contributed by atoms with van der Waals surface area (Å²) in [7, 11) is 0. The Morgan fingerprint density at radius 3 is 2.75 bits per heavy atom. The van der Waals surface area contributed by atoms with E-state index in [0.29, 0.717) is 17.9 Å². The summed E-state index contributed by atoms with van der Waals surface area (Å²) < 4.78 is 1.67. The first-order valence-corrected chi connectivity index (χ1v) is 9.70. The third kappa shape index (κ3) is 2.63. The molecule has 0 amide bonds. The summed E-state index contributed by atoms with van der Waals surface area (Å²) in [4.78, 5) is 29.2. The number of thiophene rings is 1. The molecule has 2 atom stereocenters. The summed E-state index contributed by atoms with van der Waals surface area (Å²) >= 11 is 1.66. The lowest BCUT2D eigenvalue weighted by Gasteiger charge is -2.34. The molecule has 0 bridgehead atoms. The van der Waals surface area contributed by atoms with Gasteiger partial charge < -0.3 is 5.32 Å². The molecule has 9 heteroatoms. The second kappa shape index (κ2) is 6.38. The number of carbonyl (C=O) groups is 1. The summed E-state index contributed by atoms with van der Waals surface area (Å²) in [5.41, 5.74) is 2.31. The largest absolute Gasteiger partial charge is 0.328 e. The van der Waals surface area contributed by atoms with Gasteiger partial charge in [-0.05, 0) is 35.6 Å². The van der Waals surface area contributed by atoms with Crippen LogP contribution < -0.4 is 5.32 Å². The van der Waals surface area contributed by atoms with Crippen molar-refractivity contribution in [3.8, 4) is 0 Å². The number of nitro groups is 1. The molecule has 0 fully saturated rings. The second-order valence-corrected chi connectivity index (χ2v) is 7.82. The van der Waals surface area contributed by atoms with E-state index in [0.717, 1.165) is 17.7 Å². The first-order chi connectivity index (χ1) is 13.6. The number of rotatable bonds is 3. The molecule has 1 aliphatic heterocycles. The number of nitrogens with one attached hydrogen (secondary N) is 1. The number of nitro benzene ring substituents is 1. The molecule has 2 aromatic heterocycles. The second-order valence-electron chi connectivity index (χ2n) is 6.84. The van der Waals surface area contributed by atoms with Crippen LogP contribution in [0.4, 0.5) is 11.6 Å². The van der Waals surface area contributed by atoms with Crippen LogP contribution in [0.3, 0.4) is 0 Å². The Hall–Kier alpha value is -3.33. The predicted octanol–water partition coefficient (Wildman–Crippen LogP) is 3.66. The van der Waals surface area contributed by atoms with Gasteiger partial charge in [0.2, 0.25) is 5.95 Å². The van der Waals surface area contributed by atoms with Crippen LogP contribution in [0.1, 0.15) is 35.2 Å². The highest BCUT2D eigenvalue weighted by atomic mass is 32.1. The van der Waals surface area contributed by atoms with Gasteiger partial charge in [0.15, 0.2) is 5.78 Å². The van der Waals surface area contributed by atoms with Crippen LogP contribution in [0.25, 0.3) is 0 Å². The SMILES string of the molecule is O=C1C[C@H](c2cccs2)CC2=C1[C@H](c1ccc([N+](=O)[O-])cc1)n1ncnc1N2. The Labute approximate surface area is 163 Å². The Bertz CT molecular complexity index is 1100. The number of fused-ring (bicyclic) bond motifs is 1. The minimum absolute atomic E-state index is 0.0124. The molecule has 8 nitrogen and oxygen atoms in total. The molecule has 2 aliphatic rings. The number of nitrogens with zero attached hydrogens (tertiary/aromatic N) is 4. The number of hydrogen-bond acceptors (Lipinski definition) is 7. The van der Waals surface area contributed by atoms with Crippen LogP contribution in [-0.4, -0.2) is 25.5 Å². The van der Waals surface area contributed by atoms with Gasteiger partial charge >= 0.3 is 0 Å². The fraction of sp³-hybridized carbons (Fsp3) is 0.211. The van der Waals surface area contributed by atoms with Gasteiger partial charge in [-0.1, -0.05) is 6.07 Å². The van der Waals surface area contributed by atoms with Crippen molar-refractivity contribution in [3.05, 3.63) is 79.9 Å². The summed E-state index contributed by atoms with van der Waals surface area (Å²) in [5, 5.41) is 20.6. The van der Waals surface area contributed by atoms with Crippen LogP contribution in [0.5, 0.6) is 0 Å². The van der Waals surface area contributed by atoms with Crippen LogP contribution in [0.2, 0.25) is 0 Å². The van der Waals surface area contributed by atoms with Crippen molar-refractivity contribution < 1.29 is 9.72 Å². The van der Waals surface area contributed by atoms with E-state index in [1.54, 1.807) is 28.2 Å². The molecule has 3 heterocycles. The maximum atomic E-state index is 13.2. The van der Waals surface area contributed by atoms with Crippen molar-refractivity contribution in [2.45, 2.75) is 24.8 Å². The van der Waals surface area contributed by atoms with Crippen LogP contribution >= 0.6 is 11.3 Å². The zero-order chi connectivity index (χ0) is 19.3. The van der Waals surface area contributed by atoms with Gasteiger partial charge in [0.05, 0.1) is 4.92 Å².